The van der Waals surface area contributed by atoms with Gasteiger partial charge in [0.25, 0.3) is 0 Å². The van der Waals surface area contributed by atoms with Crippen LogP contribution in [0.2, 0.25) is 0 Å². The van der Waals surface area contributed by atoms with Crippen molar-refractivity contribution in [3.63, 3.8) is 0 Å². The van der Waals surface area contributed by atoms with Gasteiger partial charge in [0, 0.05) is 24.5 Å². The molecule has 0 N–H and O–H groups in total. The molecule has 0 aromatic carbocycles. The van der Waals surface area contributed by atoms with Crippen LogP contribution in [0, 0.1) is 0 Å². The summed E-state index contributed by atoms with van der Waals surface area (Å²) in [4.78, 5) is 2.59. The lowest BCUT2D eigenvalue weighted by Crippen LogP contribution is -2.37. The molecule has 0 amide bonds. The Kier molecular flexibility index (Phi) is 6.86. The number of hydrogen-bond donors (Lipinski definition) is 0. The Labute approximate surface area is 102 Å². The summed E-state index contributed by atoms with van der Waals surface area (Å²) in [5.74, 6) is 0. The Bertz CT molecular complexity index is 158. The molecule has 0 unspecified atom stereocenters. The van der Waals surface area contributed by atoms with Crippen LogP contribution in [-0.2, 0) is 4.74 Å². The van der Waals surface area contributed by atoms with Crippen molar-refractivity contribution in [2.75, 3.05) is 25.0 Å². The molecular weight excluding hydrogens is 254 g/mol. The van der Waals surface area contributed by atoms with Crippen LogP contribution < -0.4 is 0 Å². The van der Waals surface area contributed by atoms with Crippen LogP contribution in [-0.4, -0.2) is 42.1 Å². The first-order chi connectivity index (χ1) is 7.24. The quantitative estimate of drug-likeness (QED) is 0.664. The molecule has 1 saturated carbocycles. The Hall–Kier alpha value is 0.400. The van der Waals surface area contributed by atoms with E-state index in [0.717, 1.165) is 31.1 Å². The predicted octanol–water partition coefficient (Wildman–Crippen LogP) is 3.05. The number of rotatable bonds is 7. The summed E-state index contributed by atoms with van der Waals surface area (Å²) < 4.78 is 5.62. The number of hydrogen-bond acceptors (Lipinski definition) is 2. The van der Waals surface area contributed by atoms with Crippen molar-refractivity contribution in [2.45, 2.75) is 51.7 Å². The lowest BCUT2D eigenvalue weighted by atomic mass is 10.2. The van der Waals surface area contributed by atoms with Crippen LogP contribution in [0.3, 0.4) is 0 Å². The number of nitrogens with zero attached hydrogens (tertiary/aromatic N) is 1. The minimum Gasteiger partial charge on any atom is -0.377 e. The maximum atomic E-state index is 5.62. The average molecular weight is 278 g/mol. The molecule has 0 bridgehead atoms. The highest BCUT2D eigenvalue weighted by Crippen LogP contribution is 2.23. The molecule has 1 aliphatic rings. The zero-order chi connectivity index (χ0) is 11.1. The third kappa shape index (κ3) is 5.32. The molecule has 0 aromatic rings. The van der Waals surface area contributed by atoms with E-state index in [1.165, 1.54) is 25.7 Å². The Morgan fingerprint density at radius 1 is 1.27 bits per heavy atom. The van der Waals surface area contributed by atoms with Gasteiger partial charge in [0.2, 0.25) is 0 Å². The summed E-state index contributed by atoms with van der Waals surface area (Å²) in [6, 6.07) is 0.818. The second-order valence-corrected chi connectivity index (χ2v) is 5.38. The smallest absolute Gasteiger partial charge is 0.0597 e. The molecule has 3 heteroatoms. The molecule has 0 aromatic heterocycles. The van der Waals surface area contributed by atoms with Crippen LogP contribution >= 0.6 is 15.9 Å². The van der Waals surface area contributed by atoms with Crippen molar-refractivity contribution in [3.05, 3.63) is 0 Å². The molecule has 90 valence electrons. The third-order valence-corrected chi connectivity index (χ3v) is 3.40. The zero-order valence-electron chi connectivity index (χ0n) is 10.0. The first-order valence-electron chi connectivity index (χ1n) is 6.15. The zero-order valence-corrected chi connectivity index (χ0v) is 11.6. The van der Waals surface area contributed by atoms with Gasteiger partial charge >= 0.3 is 0 Å². The first kappa shape index (κ1) is 13.5. The van der Waals surface area contributed by atoms with Gasteiger partial charge in [-0.3, -0.25) is 4.90 Å². The van der Waals surface area contributed by atoms with Gasteiger partial charge in [-0.1, -0.05) is 28.8 Å². The molecule has 0 atom stereocenters. The number of halogens is 1. The maximum absolute atomic E-state index is 5.62. The minimum atomic E-state index is 0.361. The van der Waals surface area contributed by atoms with Crippen molar-refractivity contribution in [2.24, 2.45) is 0 Å². The summed E-state index contributed by atoms with van der Waals surface area (Å²) in [7, 11) is 0. The molecule has 1 rings (SSSR count). The van der Waals surface area contributed by atoms with Gasteiger partial charge in [-0.05, 0) is 26.7 Å². The highest BCUT2D eigenvalue weighted by molar-refractivity contribution is 9.09. The molecule has 1 aliphatic carbocycles. The fraction of sp³-hybridized carbons (Fsp3) is 1.00. The molecule has 0 heterocycles. The molecule has 0 spiro atoms. The Morgan fingerprint density at radius 3 is 2.47 bits per heavy atom. The van der Waals surface area contributed by atoms with Crippen molar-refractivity contribution >= 4 is 15.9 Å². The van der Waals surface area contributed by atoms with E-state index < -0.39 is 0 Å². The molecule has 0 aliphatic heterocycles. The highest BCUT2D eigenvalue weighted by Gasteiger charge is 2.21. The second kappa shape index (κ2) is 7.64. The third-order valence-electron chi connectivity index (χ3n) is 3.04. The van der Waals surface area contributed by atoms with E-state index in [9.17, 15) is 0 Å². The molecular formula is C12H24BrNO. The van der Waals surface area contributed by atoms with E-state index in [1.54, 1.807) is 0 Å². The first-order valence-corrected chi connectivity index (χ1v) is 7.27. The Morgan fingerprint density at radius 2 is 1.93 bits per heavy atom. The van der Waals surface area contributed by atoms with Crippen molar-refractivity contribution in [1.82, 2.24) is 4.90 Å². The van der Waals surface area contributed by atoms with E-state index in [-0.39, 0.29) is 0 Å². The monoisotopic (exact) mass is 277 g/mol. The summed E-state index contributed by atoms with van der Waals surface area (Å²) in [6.45, 7) is 7.33. The normalized spacial score (nSPS) is 18.2. The van der Waals surface area contributed by atoms with Crippen LogP contribution in [0.5, 0.6) is 0 Å². The minimum absolute atomic E-state index is 0.361. The highest BCUT2D eigenvalue weighted by atomic mass is 79.9. The van der Waals surface area contributed by atoms with Crippen molar-refractivity contribution < 1.29 is 4.74 Å². The van der Waals surface area contributed by atoms with E-state index in [1.807, 2.05) is 0 Å². The fourth-order valence-electron chi connectivity index (χ4n) is 2.26. The van der Waals surface area contributed by atoms with Gasteiger partial charge in [-0.15, -0.1) is 0 Å². The van der Waals surface area contributed by atoms with E-state index in [0.29, 0.717) is 6.10 Å². The summed E-state index contributed by atoms with van der Waals surface area (Å²) in [5, 5.41) is 1.07. The molecule has 0 saturated heterocycles. The summed E-state index contributed by atoms with van der Waals surface area (Å²) >= 11 is 3.54. The van der Waals surface area contributed by atoms with Crippen LogP contribution in [0.1, 0.15) is 39.5 Å². The van der Waals surface area contributed by atoms with Crippen LogP contribution in [0.15, 0.2) is 0 Å². The SMILES string of the molecule is CC(C)OCCN(CCBr)C1CCCC1. The second-order valence-electron chi connectivity index (χ2n) is 4.58. The van der Waals surface area contributed by atoms with Gasteiger partial charge < -0.3 is 4.74 Å². The summed E-state index contributed by atoms with van der Waals surface area (Å²) in [5.41, 5.74) is 0. The molecule has 0 radical (unpaired) electrons. The fourth-order valence-corrected chi connectivity index (χ4v) is 2.72. The summed E-state index contributed by atoms with van der Waals surface area (Å²) in [6.07, 6.45) is 5.95. The van der Waals surface area contributed by atoms with Gasteiger partial charge in [0.15, 0.2) is 0 Å². The largest absolute Gasteiger partial charge is 0.377 e. The Balaban J connectivity index is 2.23. The van der Waals surface area contributed by atoms with Crippen LogP contribution in [0.25, 0.3) is 0 Å². The van der Waals surface area contributed by atoms with E-state index in [2.05, 4.69) is 34.7 Å². The van der Waals surface area contributed by atoms with E-state index in [4.69, 9.17) is 4.74 Å². The van der Waals surface area contributed by atoms with Crippen LogP contribution in [0.4, 0.5) is 0 Å². The lowest BCUT2D eigenvalue weighted by Gasteiger charge is -2.28. The van der Waals surface area contributed by atoms with Crippen molar-refractivity contribution in [1.29, 1.82) is 0 Å². The topological polar surface area (TPSA) is 12.5 Å². The standard InChI is InChI=1S/C12H24BrNO/c1-11(2)15-10-9-14(8-7-13)12-5-3-4-6-12/h11-12H,3-10H2,1-2H3. The number of alkyl halides is 1. The molecule has 2 nitrogen and oxygen atoms in total. The van der Waals surface area contributed by atoms with Gasteiger partial charge in [-0.25, -0.2) is 0 Å². The molecule has 1 fully saturated rings. The van der Waals surface area contributed by atoms with Gasteiger partial charge in [-0.2, -0.15) is 0 Å². The van der Waals surface area contributed by atoms with E-state index >= 15 is 0 Å². The predicted molar refractivity (Wildman–Crippen MR) is 68.7 cm³/mol. The maximum Gasteiger partial charge on any atom is 0.0597 e. The van der Waals surface area contributed by atoms with Crippen molar-refractivity contribution in [3.8, 4) is 0 Å². The molecule has 15 heavy (non-hydrogen) atoms. The number of ether oxygens (including phenoxy) is 1. The van der Waals surface area contributed by atoms with Gasteiger partial charge in [0.1, 0.15) is 0 Å². The average Bonchev–Trinajstić information content (AvgIpc) is 2.68. The van der Waals surface area contributed by atoms with Gasteiger partial charge in [0.05, 0.1) is 12.7 Å². The lowest BCUT2D eigenvalue weighted by molar-refractivity contribution is 0.0511.